The summed E-state index contributed by atoms with van der Waals surface area (Å²) in [4.78, 5) is 4.37. The molecule has 1 aromatic rings. The van der Waals surface area contributed by atoms with Crippen LogP contribution >= 0.6 is 24.8 Å². The molecule has 0 aliphatic carbocycles. The highest BCUT2D eigenvalue weighted by molar-refractivity contribution is 5.85. The van der Waals surface area contributed by atoms with E-state index in [0.29, 0.717) is 6.61 Å². The molecule has 0 saturated heterocycles. The molecule has 0 radical (unpaired) electrons. The summed E-state index contributed by atoms with van der Waals surface area (Å²) in [7, 11) is 1.85. The lowest BCUT2D eigenvalue weighted by Crippen LogP contribution is -2.00. The number of aromatic nitrogens is 2. The van der Waals surface area contributed by atoms with Crippen LogP contribution in [0, 0.1) is 0 Å². The van der Waals surface area contributed by atoms with Crippen molar-refractivity contribution in [3.8, 4) is 0 Å². The first kappa shape index (κ1) is 13.3. The van der Waals surface area contributed by atoms with Gasteiger partial charge in [0.25, 0.3) is 0 Å². The lowest BCUT2D eigenvalue weighted by atomic mass is 10.5. The van der Waals surface area contributed by atoms with Crippen molar-refractivity contribution < 1.29 is 4.84 Å². The fraction of sp³-hybridized carbons (Fsp3) is 0.400. The predicted octanol–water partition coefficient (Wildman–Crippen LogP) is 0.654. The molecule has 0 atom stereocenters. The van der Waals surface area contributed by atoms with Crippen LogP contribution in [0.4, 0.5) is 0 Å². The molecular formula is C5H11Cl2N3O. The Morgan fingerprint density at radius 3 is 2.64 bits per heavy atom. The van der Waals surface area contributed by atoms with Crippen LogP contribution in [0.25, 0.3) is 0 Å². The zero-order chi connectivity index (χ0) is 6.69. The van der Waals surface area contributed by atoms with E-state index in [1.165, 1.54) is 0 Å². The summed E-state index contributed by atoms with van der Waals surface area (Å²) >= 11 is 0. The maximum atomic E-state index is 4.82. The van der Waals surface area contributed by atoms with Gasteiger partial charge in [-0.1, -0.05) is 0 Å². The standard InChI is InChI=1S/C5H9N3O.2ClH/c1-8-3-2-5(7-8)4-9-6;;/h2-3H,4,6H2,1H3;2*1H. The van der Waals surface area contributed by atoms with Gasteiger partial charge in [0.2, 0.25) is 0 Å². The fourth-order valence-electron chi connectivity index (χ4n) is 0.626. The predicted molar refractivity (Wildman–Crippen MR) is 46.7 cm³/mol. The van der Waals surface area contributed by atoms with Crippen molar-refractivity contribution in [3.63, 3.8) is 0 Å². The second kappa shape index (κ2) is 6.42. The smallest absolute Gasteiger partial charge is 0.112 e. The number of nitrogens with zero attached hydrogens (tertiary/aromatic N) is 2. The third kappa shape index (κ3) is 4.21. The lowest BCUT2D eigenvalue weighted by molar-refractivity contribution is 0.121. The average molecular weight is 200 g/mol. The Labute approximate surface area is 77.5 Å². The van der Waals surface area contributed by atoms with Gasteiger partial charge in [0.1, 0.15) is 6.61 Å². The van der Waals surface area contributed by atoms with Crippen LogP contribution in [0.1, 0.15) is 5.69 Å². The van der Waals surface area contributed by atoms with Crippen molar-refractivity contribution in [3.05, 3.63) is 18.0 Å². The van der Waals surface area contributed by atoms with Gasteiger partial charge >= 0.3 is 0 Å². The SMILES string of the molecule is Cl.Cl.Cn1ccc(CON)n1. The van der Waals surface area contributed by atoms with Crippen molar-refractivity contribution in [1.29, 1.82) is 0 Å². The molecule has 0 spiro atoms. The van der Waals surface area contributed by atoms with Gasteiger partial charge in [0, 0.05) is 13.2 Å². The summed E-state index contributed by atoms with van der Waals surface area (Å²) in [6, 6.07) is 1.85. The summed E-state index contributed by atoms with van der Waals surface area (Å²) in [6.45, 7) is 0.376. The van der Waals surface area contributed by atoms with Crippen LogP contribution < -0.4 is 5.90 Å². The number of rotatable bonds is 2. The van der Waals surface area contributed by atoms with Gasteiger partial charge in [0.05, 0.1) is 5.69 Å². The van der Waals surface area contributed by atoms with Crippen LogP contribution in [-0.2, 0) is 18.5 Å². The third-order valence-electron chi connectivity index (χ3n) is 1.00. The van der Waals surface area contributed by atoms with Crippen molar-refractivity contribution in [2.75, 3.05) is 0 Å². The molecule has 11 heavy (non-hydrogen) atoms. The molecule has 0 aliphatic heterocycles. The molecule has 0 unspecified atom stereocenters. The molecule has 0 amide bonds. The Morgan fingerprint density at radius 2 is 2.27 bits per heavy atom. The summed E-state index contributed by atoms with van der Waals surface area (Å²) < 4.78 is 1.70. The van der Waals surface area contributed by atoms with Gasteiger partial charge in [-0.2, -0.15) is 5.10 Å². The van der Waals surface area contributed by atoms with Gasteiger partial charge < -0.3 is 0 Å². The highest BCUT2D eigenvalue weighted by atomic mass is 35.5. The Hall–Kier alpha value is -0.290. The lowest BCUT2D eigenvalue weighted by Gasteiger charge is -1.89. The van der Waals surface area contributed by atoms with E-state index in [4.69, 9.17) is 5.90 Å². The first-order valence-electron chi connectivity index (χ1n) is 2.63. The van der Waals surface area contributed by atoms with E-state index in [2.05, 4.69) is 9.94 Å². The molecule has 1 heterocycles. The molecule has 0 aliphatic rings. The van der Waals surface area contributed by atoms with E-state index in [1.807, 2.05) is 19.3 Å². The number of aryl methyl sites for hydroxylation is 1. The van der Waals surface area contributed by atoms with Crippen LogP contribution in [0.5, 0.6) is 0 Å². The molecular weight excluding hydrogens is 189 g/mol. The molecule has 4 nitrogen and oxygen atoms in total. The minimum Gasteiger partial charge on any atom is -0.298 e. The minimum atomic E-state index is 0. The van der Waals surface area contributed by atoms with Gasteiger partial charge in [-0.15, -0.1) is 24.8 Å². The van der Waals surface area contributed by atoms with Crippen LogP contribution in [0.3, 0.4) is 0 Å². The molecule has 0 saturated carbocycles. The van der Waals surface area contributed by atoms with E-state index >= 15 is 0 Å². The van der Waals surface area contributed by atoms with Gasteiger partial charge in [-0.05, 0) is 6.07 Å². The quantitative estimate of drug-likeness (QED) is 0.713. The highest BCUT2D eigenvalue weighted by Crippen LogP contribution is 1.93. The van der Waals surface area contributed by atoms with Crippen LogP contribution in [0.2, 0.25) is 0 Å². The fourth-order valence-corrected chi connectivity index (χ4v) is 0.626. The van der Waals surface area contributed by atoms with E-state index in [1.54, 1.807) is 4.68 Å². The topological polar surface area (TPSA) is 53.1 Å². The van der Waals surface area contributed by atoms with E-state index in [9.17, 15) is 0 Å². The van der Waals surface area contributed by atoms with Crippen LogP contribution in [-0.4, -0.2) is 9.78 Å². The van der Waals surface area contributed by atoms with Crippen molar-refractivity contribution in [2.45, 2.75) is 6.61 Å². The largest absolute Gasteiger partial charge is 0.298 e. The zero-order valence-corrected chi connectivity index (χ0v) is 7.69. The molecule has 2 N–H and O–H groups in total. The monoisotopic (exact) mass is 199 g/mol. The van der Waals surface area contributed by atoms with Gasteiger partial charge in [0.15, 0.2) is 0 Å². The molecule has 66 valence electrons. The maximum Gasteiger partial charge on any atom is 0.112 e. The summed E-state index contributed by atoms with van der Waals surface area (Å²) in [6.07, 6.45) is 1.84. The molecule has 1 aromatic heterocycles. The second-order valence-electron chi connectivity index (χ2n) is 1.79. The molecule has 6 heteroatoms. The highest BCUT2D eigenvalue weighted by Gasteiger charge is 1.92. The Kier molecular flexibility index (Phi) is 7.77. The normalized spacial score (nSPS) is 8.18. The summed E-state index contributed by atoms with van der Waals surface area (Å²) in [5.41, 5.74) is 0.847. The number of hydrogen-bond acceptors (Lipinski definition) is 3. The molecule has 0 aromatic carbocycles. The van der Waals surface area contributed by atoms with E-state index in [0.717, 1.165) is 5.69 Å². The molecule has 1 rings (SSSR count). The number of hydrogen-bond donors (Lipinski definition) is 1. The first-order chi connectivity index (χ1) is 4.33. The van der Waals surface area contributed by atoms with Crippen molar-refractivity contribution in [2.24, 2.45) is 12.9 Å². The van der Waals surface area contributed by atoms with Gasteiger partial charge in [-0.3, -0.25) is 9.52 Å². The van der Waals surface area contributed by atoms with E-state index in [-0.39, 0.29) is 24.8 Å². The zero-order valence-electron chi connectivity index (χ0n) is 6.06. The first-order valence-corrected chi connectivity index (χ1v) is 2.63. The maximum absolute atomic E-state index is 4.82. The van der Waals surface area contributed by atoms with E-state index < -0.39 is 0 Å². The second-order valence-corrected chi connectivity index (χ2v) is 1.79. The van der Waals surface area contributed by atoms with Gasteiger partial charge in [-0.25, -0.2) is 5.90 Å². The minimum absolute atomic E-state index is 0. The molecule has 0 fully saturated rings. The average Bonchev–Trinajstić information content (AvgIpc) is 2.17. The summed E-state index contributed by atoms with van der Waals surface area (Å²) in [5, 5.41) is 4.01. The van der Waals surface area contributed by atoms with Crippen LogP contribution in [0.15, 0.2) is 12.3 Å². The number of nitrogens with two attached hydrogens (primary N) is 1. The Bertz CT molecular complexity index is 192. The Morgan fingerprint density at radius 1 is 1.64 bits per heavy atom. The number of halogens is 2. The van der Waals surface area contributed by atoms with Crippen molar-refractivity contribution in [1.82, 2.24) is 9.78 Å². The third-order valence-corrected chi connectivity index (χ3v) is 1.00. The molecule has 0 bridgehead atoms. The Balaban J connectivity index is 0. The van der Waals surface area contributed by atoms with Crippen molar-refractivity contribution >= 4 is 24.8 Å². The summed E-state index contributed by atoms with van der Waals surface area (Å²) in [5.74, 6) is 4.82.